The summed E-state index contributed by atoms with van der Waals surface area (Å²) < 4.78 is 41.9. The van der Waals surface area contributed by atoms with Crippen molar-refractivity contribution in [2.45, 2.75) is 51.9 Å². The highest BCUT2D eigenvalue weighted by Gasteiger charge is 2.33. The topological polar surface area (TPSA) is 32.8 Å². The zero-order chi connectivity index (χ0) is 15.6. The van der Waals surface area contributed by atoms with Crippen LogP contribution in [0, 0.1) is 0 Å². The molecule has 1 rings (SSSR count). The van der Waals surface area contributed by atoms with Crippen molar-refractivity contribution in [1.29, 1.82) is 0 Å². The van der Waals surface area contributed by atoms with E-state index in [1.165, 1.54) is 0 Å². The predicted molar refractivity (Wildman–Crippen MR) is 69.5 cm³/mol. The van der Waals surface area contributed by atoms with Gasteiger partial charge in [-0.15, -0.1) is 0 Å². The minimum Gasteiger partial charge on any atom is -0.444 e. The normalized spacial score (nSPS) is 21.9. The summed E-state index contributed by atoms with van der Waals surface area (Å²) in [4.78, 5) is 15.2. The van der Waals surface area contributed by atoms with E-state index in [0.717, 1.165) is 0 Å². The standard InChI is InChI=1S/C13H23F3N2O2/c1-10-9-18(11(19)20-12(2,3)4)8-7-17(10)6-5-13(14,15)16/h10H,5-9H2,1-4H3/t10-/m1/s1. The summed E-state index contributed by atoms with van der Waals surface area (Å²) in [7, 11) is 0. The molecule has 20 heavy (non-hydrogen) atoms. The van der Waals surface area contributed by atoms with E-state index in [-0.39, 0.29) is 12.6 Å². The number of piperazine rings is 1. The van der Waals surface area contributed by atoms with Gasteiger partial charge in [-0.25, -0.2) is 4.79 Å². The molecule has 0 aliphatic carbocycles. The third-order valence-corrected chi connectivity index (χ3v) is 3.10. The van der Waals surface area contributed by atoms with Crippen molar-refractivity contribution in [2.75, 3.05) is 26.2 Å². The number of ether oxygens (including phenoxy) is 1. The van der Waals surface area contributed by atoms with Crippen LogP contribution >= 0.6 is 0 Å². The molecule has 1 fully saturated rings. The Hall–Kier alpha value is -0.980. The van der Waals surface area contributed by atoms with Gasteiger partial charge in [0.05, 0.1) is 6.42 Å². The van der Waals surface area contributed by atoms with Gasteiger partial charge in [0.1, 0.15) is 5.60 Å². The summed E-state index contributed by atoms with van der Waals surface area (Å²) in [6.07, 6.45) is -5.36. The molecule has 1 aliphatic heterocycles. The van der Waals surface area contributed by atoms with E-state index < -0.39 is 24.3 Å². The number of amides is 1. The van der Waals surface area contributed by atoms with Crippen molar-refractivity contribution in [3.05, 3.63) is 0 Å². The van der Waals surface area contributed by atoms with Crippen LogP contribution in [0.2, 0.25) is 0 Å². The van der Waals surface area contributed by atoms with Crippen LogP contribution in [-0.4, -0.2) is 59.9 Å². The van der Waals surface area contributed by atoms with E-state index in [1.807, 2.05) is 6.92 Å². The highest BCUT2D eigenvalue weighted by Crippen LogP contribution is 2.22. The molecule has 1 atom stereocenters. The number of alkyl halides is 3. The minimum absolute atomic E-state index is 0.0210. The fourth-order valence-electron chi connectivity index (χ4n) is 2.09. The van der Waals surface area contributed by atoms with Crippen LogP contribution in [-0.2, 0) is 4.74 Å². The Bertz CT molecular complexity index is 339. The largest absolute Gasteiger partial charge is 0.444 e. The molecule has 0 saturated carbocycles. The van der Waals surface area contributed by atoms with Crippen molar-refractivity contribution in [2.24, 2.45) is 0 Å². The second-order valence-electron chi connectivity index (χ2n) is 6.18. The molecular formula is C13H23F3N2O2. The van der Waals surface area contributed by atoms with Gasteiger partial charge in [0, 0.05) is 32.2 Å². The molecule has 1 saturated heterocycles. The fourth-order valence-corrected chi connectivity index (χ4v) is 2.09. The summed E-state index contributed by atoms with van der Waals surface area (Å²) in [5, 5.41) is 0. The number of rotatable bonds is 2. The smallest absolute Gasteiger partial charge is 0.410 e. The maximum absolute atomic E-state index is 12.2. The van der Waals surface area contributed by atoms with E-state index >= 15 is 0 Å². The monoisotopic (exact) mass is 296 g/mol. The van der Waals surface area contributed by atoms with Gasteiger partial charge in [0.2, 0.25) is 0 Å². The number of halogens is 3. The Morgan fingerprint density at radius 2 is 1.85 bits per heavy atom. The van der Waals surface area contributed by atoms with Crippen LogP contribution in [0.1, 0.15) is 34.1 Å². The van der Waals surface area contributed by atoms with E-state index in [4.69, 9.17) is 4.74 Å². The first-order valence-corrected chi connectivity index (χ1v) is 6.77. The average molecular weight is 296 g/mol. The third kappa shape index (κ3) is 5.98. The number of carbonyl (C=O) groups is 1. The Labute approximate surface area is 117 Å². The maximum atomic E-state index is 12.2. The van der Waals surface area contributed by atoms with Crippen LogP contribution in [0.25, 0.3) is 0 Å². The summed E-state index contributed by atoms with van der Waals surface area (Å²) in [5.41, 5.74) is -0.562. The first-order valence-electron chi connectivity index (χ1n) is 6.77. The van der Waals surface area contributed by atoms with Crippen LogP contribution in [0.5, 0.6) is 0 Å². The molecule has 4 nitrogen and oxygen atoms in total. The number of hydrogen-bond acceptors (Lipinski definition) is 3. The summed E-state index contributed by atoms with van der Waals surface area (Å²) in [6, 6.07) is -0.0985. The second-order valence-corrected chi connectivity index (χ2v) is 6.18. The summed E-state index contributed by atoms with van der Waals surface area (Å²) in [5.74, 6) is 0. The second kappa shape index (κ2) is 6.20. The lowest BCUT2D eigenvalue weighted by Gasteiger charge is -2.40. The predicted octanol–water partition coefficient (Wildman–Crippen LogP) is 2.88. The zero-order valence-electron chi connectivity index (χ0n) is 12.5. The molecule has 1 aliphatic rings. The first kappa shape index (κ1) is 17.1. The van der Waals surface area contributed by atoms with E-state index in [0.29, 0.717) is 19.6 Å². The third-order valence-electron chi connectivity index (χ3n) is 3.10. The van der Waals surface area contributed by atoms with Crippen molar-refractivity contribution in [3.63, 3.8) is 0 Å². The van der Waals surface area contributed by atoms with Gasteiger partial charge >= 0.3 is 12.3 Å². The lowest BCUT2D eigenvalue weighted by atomic mass is 10.2. The fraction of sp³-hybridized carbons (Fsp3) is 0.923. The lowest BCUT2D eigenvalue weighted by molar-refractivity contribution is -0.140. The van der Waals surface area contributed by atoms with Crippen molar-refractivity contribution in [1.82, 2.24) is 9.80 Å². The molecule has 0 radical (unpaired) electrons. The molecule has 118 valence electrons. The molecule has 0 unspecified atom stereocenters. The van der Waals surface area contributed by atoms with Gasteiger partial charge in [0.25, 0.3) is 0 Å². The van der Waals surface area contributed by atoms with Crippen LogP contribution < -0.4 is 0 Å². The van der Waals surface area contributed by atoms with Gasteiger partial charge in [-0.05, 0) is 27.7 Å². The van der Waals surface area contributed by atoms with Gasteiger partial charge in [0.15, 0.2) is 0 Å². The summed E-state index contributed by atoms with van der Waals surface area (Å²) in [6.45, 7) is 8.40. The Morgan fingerprint density at radius 3 is 2.30 bits per heavy atom. The minimum atomic E-state index is -4.14. The average Bonchev–Trinajstić information content (AvgIpc) is 2.23. The van der Waals surface area contributed by atoms with Crippen LogP contribution in [0.15, 0.2) is 0 Å². The molecule has 0 spiro atoms. The van der Waals surface area contributed by atoms with E-state index in [9.17, 15) is 18.0 Å². The number of carbonyl (C=O) groups excluding carboxylic acids is 1. The maximum Gasteiger partial charge on any atom is 0.410 e. The van der Waals surface area contributed by atoms with Crippen molar-refractivity contribution < 1.29 is 22.7 Å². The van der Waals surface area contributed by atoms with Crippen LogP contribution in [0.4, 0.5) is 18.0 Å². The van der Waals surface area contributed by atoms with Gasteiger partial charge in [-0.2, -0.15) is 13.2 Å². The summed E-state index contributed by atoms with van der Waals surface area (Å²) >= 11 is 0. The molecule has 1 heterocycles. The molecule has 0 aromatic rings. The first-order chi connectivity index (χ1) is 8.98. The molecule has 0 aromatic heterocycles. The van der Waals surface area contributed by atoms with Crippen molar-refractivity contribution in [3.8, 4) is 0 Å². The number of nitrogens with zero attached hydrogens (tertiary/aromatic N) is 2. The Kier molecular flexibility index (Phi) is 5.29. The molecule has 0 bridgehead atoms. The molecular weight excluding hydrogens is 273 g/mol. The van der Waals surface area contributed by atoms with E-state index in [1.54, 1.807) is 30.6 Å². The highest BCUT2D eigenvalue weighted by molar-refractivity contribution is 5.68. The SMILES string of the molecule is C[C@@H]1CN(C(=O)OC(C)(C)C)CCN1CCC(F)(F)F. The molecule has 1 amide bonds. The zero-order valence-corrected chi connectivity index (χ0v) is 12.5. The molecule has 7 heteroatoms. The van der Waals surface area contributed by atoms with Gasteiger partial charge in [-0.1, -0.05) is 0 Å². The highest BCUT2D eigenvalue weighted by atomic mass is 19.4. The van der Waals surface area contributed by atoms with E-state index in [2.05, 4.69) is 0 Å². The molecule has 0 N–H and O–H groups in total. The molecule has 0 aromatic carbocycles. The Balaban J connectivity index is 2.45. The van der Waals surface area contributed by atoms with Crippen LogP contribution in [0.3, 0.4) is 0 Å². The lowest BCUT2D eigenvalue weighted by Crippen LogP contribution is -2.54. The van der Waals surface area contributed by atoms with Gasteiger partial charge < -0.3 is 9.64 Å². The quantitative estimate of drug-likeness (QED) is 0.785. The number of hydrogen-bond donors (Lipinski definition) is 0. The Morgan fingerprint density at radius 1 is 1.25 bits per heavy atom. The van der Waals surface area contributed by atoms with Gasteiger partial charge in [-0.3, -0.25) is 4.90 Å². The van der Waals surface area contributed by atoms with Crippen molar-refractivity contribution >= 4 is 6.09 Å².